The first-order chi connectivity index (χ1) is 17.0. The van der Waals surface area contributed by atoms with Crippen molar-refractivity contribution in [3.63, 3.8) is 0 Å². The molecule has 1 atom stereocenters. The Labute approximate surface area is 210 Å². The molecule has 4 heterocycles. The Bertz CT molecular complexity index is 1300. The van der Waals surface area contributed by atoms with Crippen LogP contribution in [0.3, 0.4) is 0 Å². The van der Waals surface area contributed by atoms with E-state index < -0.39 is 0 Å². The van der Waals surface area contributed by atoms with E-state index in [1.807, 2.05) is 31.2 Å². The van der Waals surface area contributed by atoms with Crippen LogP contribution in [0.4, 0.5) is 11.4 Å². The number of rotatable bonds is 6. The summed E-state index contributed by atoms with van der Waals surface area (Å²) < 4.78 is 6.35. The van der Waals surface area contributed by atoms with Crippen LogP contribution >= 0.6 is 11.6 Å². The Morgan fingerprint density at radius 3 is 2.94 bits per heavy atom. The number of carbonyl (C=O) groups is 1. The van der Waals surface area contributed by atoms with Crippen LogP contribution in [0, 0.1) is 6.92 Å². The number of carbonyl (C=O) groups excluding carboxylic acids is 1. The number of anilines is 2. The predicted octanol–water partition coefficient (Wildman–Crippen LogP) is 5.03. The number of pyridine rings is 1. The van der Waals surface area contributed by atoms with Crippen molar-refractivity contribution in [2.24, 2.45) is 0 Å². The summed E-state index contributed by atoms with van der Waals surface area (Å²) in [7, 11) is 2.15. The minimum Gasteiger partial charge on any atom is -0.490 e. The van der Waals surface area contributed by atoms with E-state index in [0.29, 0.717) is 35.5 Å². The highest BCUT2D eigenvalue weighted by Crippen LogP contribution is 2.54. The number of halogens is 1. The molecule has 2 aliphatic heterocycles. The van der Waals surface area contributed by atoms with Gasteiger partial charge in [0.2, 0.25) is 0 Å². The Morgan fingerprint density at radius 1 is 1.31 bits per heavy atom. The fraction of sp³-hybridized carbons (Fsp3) is 0.407. The molecule has 1 aromatic carbocycles. The zero-order chi connectivity index (χ0) is 24.2. The molecule has 2 aromatic heterocycles. The molecule has 0 radical (unpaired) electrons. The Morgan fingerprint density at radius 2 is 2.17 bits per heavy atom. The normalized spacial score (nSPS) is 20.5. The van der Waals surface area contributed by atoms with Crippen LogP contribution in [-0.4, -0.2) is 53.6 Å². The van der Waals surface area contributed by atoms with Crippen molar-refractivity contribution in [2.75, 3.05) is 32.1 Å². The summed E-state index contributed by atoms with van der Waals surface area (Å²) in [5.74, 6) is 0.647. The molecule has 1 unspecified atom stereocenters. The van der Waals surface area contributed by atoms with Gasteiger partial charge in [0.05, 0.1) is 23.1 Å². The average molecular weight is 492 g/mol. The lowest BCUT2D eigenvalue weighted by atomic mass is 9.93. The van der Waals surface area contributed by atoms with Crippen LogP contribution < -0.4 is 15.4 Å². The summed E-state index contributed by atoms with van der Waals surface area (Å²) in [5.41, 5.74) is 5.97. The minimum atomic E-state index is -0.0636. The summed E-state index contributed by atoms with van der Waals surface area (Å²) in [6.07, 6.45) is 7.98. The molecule has 1 aliphatic carbocycles. The Hall–Kier alpha value is -3.03. The van der Waals surface area contributed by atoms with Gasteiger partial charge in [0.25, 0.3) is 5.91 Å². The summed E-state index contributed by atoms with van der Waals surface area (Å²) in [5, 5.41) is 7.35. The third-order valence-corrected chi connectivity index (χ3v) is 8.29. The van der Waals surface area contributed by atoms with E-state index in [1.54, 1.807) is 12.4 Å². The van der Waals surface area contributed by atoms with Crippen LogP contribution in [0.2, 0.25) is 5.02 Å². The van der Waals surface area contributed by atoms with E-state index in [2.05, 4.69) is 32.5 Å². The number of hydrogen-bond acceptors (Lipinski definition) is 5. The molecule has 1 amide bonds. The van der Waals surface area contributed by atoms with Crippen molar-refractivity contribution >= 4 is 28.9 Å². The SMILES string of the molecule is Cc1c(Cl)cccc1Nc1c(-c2ccncc2OCC2CCCN2C)[nH]c2c1C(=O)NCC21CC1. The highest BCUT2D eigenvalue weighted by Gasteiger charge is 2.51. The first kappa shape index (κ1) is 22.4. The number of likely N-dealkylation sites (tertiary alicyclic amines) is 1. The molecule has 0 bridgehead atoms. The summed E-state index contributed by atoms with van der Waals surface area (Å²) in [6, 6.07) is 8.12. The van der Waals surface area contributed by atoms with Crippen LogP contribution in [0.1, 0.15) is 47.3 Å². The standard InChI is InChI=1S/C27H30ClN5O2/c1-16-19(28)6-3-7-20(16)31-24-22-25(27(9-10-27)15-30-26(22)34)32-23(24)18-8-11-29-13-21(18)35-14-17-5-4-12-33(17)2/h3,6-8,11,13,17,31-32H,4-5,9-10,12,14-15H2,1-2H3,(H,30,34). The minimum absolute atomic E-state index is 0.0120. The lowest BCUT2D eigenvalue weighted by Gasteiger charge is -2.23. The fourth-order valence-electron chi connectivity index (χ4n) is 5.41. The number of hydrogen-bond donors (Lipinski definition) is 3. The number of fused-ring (bicyclic) bond motifs is 2. The maximum absolute atomic E-state index is 13.2. The van der Waals surface area contributed by atoms with Gasteiger partial charge < -0.3 is 25.3 Å². The Kier molecular flexibility index (Phi) is 5.49. The van der Waals surface area contributed by atoms with Crippen molar-refractivity contribution in [1.29, 1.82) is 0 Å². The van der Waals surface area contributed by atoms with Crippen LogP contribution in [0.25, 0.3) is 11.3 Å². The highest BCUT2D eigenvalue weighted by atomic mass is 35.5. The predicted molar refractivity (Wildman–Crippen MR) is 138 cm³/mol. The first-order valence-electron chi connectivity index (χ1n) is 12.3. The van der Waals surface area contributed by atoms with Gasteiger partial charge in [-0.2, -0.15) is 0 Å². The number of likely N-dealkylation sites (N-methyl/N-ethyl adjacent to an activating group) is 1. The van der Waals surface area contributed by atoms with Crippen LogP contribution in [-0.2, 0) is 5.41 Å². The topological polar surface area (TPSA) is 82.3 Å². The van der Waals surface area contributed by atoms with Crippen molar-refractivity contribution in [1.82, 2.24) is 20.2 Å². The van der Waals surface area contributed by atoms with Gasteiger partial charge in [-0.15, -0.1) is 0 Å². The number of H-pyrrole nitrogens is 1. The molecular formula is C27H30ClN5O2. The largest absolute Gasteiger partial charge is 0.490 e. The molecule has 3 aromatic rings. The fourth-order valence-corrected chi connectivity index (χ4v) is 5.59. The number of aromatic nitrogens is 2. The van der Waals surface area contributed by atoms with Crippen molar-refractivity contribution in [3.05, 3.63) is 58.5 Å². The van der Waals surface area contributed by atoms with Crippen LogP contribution in [0.15, 0.2) is 36.7 Å². The number of aromatic amines is 1. The highest BCUT2D eigenvalue weighted by molar-refractivity contribution is 6.31. The van der Waals surface area contributed by atoms with Crippen molar-refractivity contribution in [3.8, 4) is 17.0 Å². The molecule has 1 saturated heterocycles. The van der Waals surface area contributed by atoms with Gasteiger partial charge in [-0.3, -0.25) is 9.78 Å². The van der Waals surface area contributed by atoms with Gasteiger partial charge in [0.15, 0.2) is 0 Å². The first-order valence-corrected chi connectivity index (χ1v) is 12.7. The van der Waals surface area contributed by atoms with Gasteiger partial charge in [-0.05, 0) is 70.0 Å². The number of amides is 1. The van der Waals surface area contributed by atoms with Crippen molar-refractivity contribution in [2.45, 2.75) is 44.1 Å². The molecule has 7 nitrogen and oxygen atoms in total. The molecule has 8 heteroatoms. The number of ether oxygens (including phenoxy) is 1. The second-order valence-electron chi connectivity index (χ2n) is 10.1. The number of benzene rings is 1. The molecule has 6 rings (SSSR count). The second kappa shape index (κ2) is 8.57. The number of nitrogens with zero attached hydrogens (tertiary/aromatic N) is 2. The van der Waals surface area contributed by atoms with Gasteiger partial charge in [-0.25, -0.2) is 0 Å². The average Bonchev–Trinajstić information content (AvgIpc) is 3.36. The monoisotopic (exact) mass is 491 g/mol. The van der Waals surface area contributed by atoms with E-state index in [4.69, 9.17) is 16.3 Å². The van der Waals surface area contributed by atoms with E-state index in [9.17, 15) is 4.79 Å². The van der Waals surface area contributed by atoms with Gasteiger partial charge >= 0.3 is 0 Å². The molecule has 3 aliphatic rings. The molecule has 35 heavy (non-hydrogen) atoms. The third-order valence-electron chi connectivity index (χ3n) is 7.88. The van der Waals surface area contributed by atoms with Crippen molar-refractivity contribution < 1.29 is 9.53 Å². The summed E-state index contributed by atoms with van der Waals surface area (Å²) in [6.45, 7) is 4.35. The zero-order valence-corrected chi connectivity index (χ0v) is 20.8. The quantitative estimate of drug-likeness (QED) is 0.450. The Balaban J connectivity index is 1.45. The molecular weight excluding hydrogens is 462 g/mol. The molecule has 2 fully saturated rings. The van der Waals surface area contributed by atoms with Gasteiger partial charge in [-0.1, -0.05) is 17.7 Å². The van der Waals surface area contributed by atoms with E-state index in [-0.39, 0.29) is 11.3 Å². The summed E-state index contributed by atoms with van der Waals surface area (Å²) in [4.78, 5) is 23.5. The maximum Gasteiger partial charge on any atom is 0.255 e. The summed E-state index contributed by atoms with van der Waals surface area (Å²) >= 11 is 6.42. The molecule has 182 valence electrons. The van der Waals surface area contributed by atoms with Gasteiger partial charge in [0, 0.05) is 46.2 Å². The molecule has 3 N–H and O–H groups in total. The number of nitrogens with one attached hydrogen (secondary N) is 3. The van der Waals surface area contributed by atoms with Gasteiger partial charge in [0.1, 0.15) is 12.4 Å². The van der Waals surface area contributed by atoms with E-state index >= 15 is 0 Å². The van der Waals surface area contributed by atoms with E-state index in [1.165, 1.54) is 6.42 Å². The zero-order valence-electron chi connectivity index (χ0n) is 20.1. The lowest BCUT2D eigenvalue weighted by molar-refractivity contribution is 0.0938. The van der Waals surface area contributed by atoms with E-state index in [0.717, 1.165) is 59.7 Å². The molecule has 1 spiro atoms. The smallest absolute Gasteiger partial charge is 0.255 e. The third kappa shape index (κ3) is 3.87. The second-order valence-corrected chi connectivity index (χ2v) is 10.5. The van der Waals surface area contributed by atoms with Crippen LogP contribution in [0.5, 0.6) is 5.75 Å². The lowest BCUT2D eigenvalue weighted by Crippen LogP contribution is -2.39. The molecule has 1 saturated carbocycles. The maximum atomic E-state index is 13.2.